The van der Waals surface area contributed by atoms with Crippen molar-refractivity contribution >= 4 is 64.6 Å². The maximum Gasteiger partial charge on any atom is 0.356 e. The monoisotopic (exact) mass is 1000 g/mol. The van der Waals surface area contributed by atoms with E-state index >= 15 is 0 Å². The minimum absolute atomic E-state index is 0.0527. The molecule has 2 aliphatic heterocycles. The van der Waals surface area contributed by atoms with E-state index in [9.17, 15) is 29.1 Å². The number of amides is 2. The van der Waals surface area contributed by atoms with Crippen LogP contribution < -0.4 is 19.5 Å². The summed E-state index contributed by atoms with van der Waals surface area (Å²) in [6.45, 7) is -0.113. The van der Waals surface area contributed by atoms with Crippen molar-refractivity contribution in [3.8, 4) is 17.2 Å². The number of ether oxygens (including phenoxy) is 6. The fraction of sp³-hybridized carbons (Fsp3) is 0.235. The van der Waals surface area contributed by atoms with E-state index in [4.69, 9.17) is 28.4 Å². The number of benzene rings is 5. The predicted molar refractivity (Wildman–Crippen MR) is 260 cm³/mol. The highest BCUT2D eigenvalue weighted by Crippen LogP contribution is 2.48. The molecule has 2 N–H and O–H groups in total. The molecule has 3 heterocycles. The Labute approximate surface area is 415 Å². The molecule has 0 bridgehead atoms. The number of carbonyl (C=O) groups excluding carboxylic acids is 4. The smallest absolute Gasteiger partial charge is 0.356 e. The molecule has 8 rings (SSSR count). The maximum absolute atomic E-state index is 14.9. The number of carbonyl (C=O) groups is 5. The standard InChI is InChI=1S/C51H46N4O12S3/c1-62-36-22-18-31(19-23-36)27-65-39-17-11-10-16-38(39)42(46(59)66-28-32-20-24-37(63-2)25-21-32)45(58)52-51(64-3)48(61)55-43(35(29-68-49(51)55)30-69-50-54-53-40(70-50)26-41(56)57)47(60)67-44(33-12-6-4-7-13-33)34-14-8-5-9-15-34/h4-25,42,44,49H,26-30H2,1-3H3,(H,52,58)(H,56,57)/t42?,49-,51+/m1/s1. The highest BCUT2D eigenvalue weighted by atomic mass is 32.2. The third kappa shape index (κ3) is 11.0. The van der Waals surface area contributed by atoms with Crippen molar-refractivity contribution in [3.63, 3.8) is 0 Å². The van der Waals surface area contributed by atoms with E-state index in [-0.39, 0.29) is 48.2 Å². The van der Waals surface area contributed by atoms with Crippen LogP contribution in [0.3, 0.4) is 0 Å². The Hall–Kier alpha value is -7.19. The van der Waals surface area contributed by atoms with Gasteiger partial charge in [0.05, 0.1) is 20.6 Å². The number of para-hydroxylation sites is 1. The molecule has 3 atom stereocenters. The molecule has 1 aromatic heterocycles. The zero-order valence-corrected chi connectivity index (χ0v) is 40.4. The number of β-lactam (4-membered cyclic amide) rings is 1. The molecule has 5 aromatic carbocycles. The molecule has 19 heteroatoms. The van der Waals surface area contributed by atoms with Gasteiger partial charge in [-0.25, -0.2) is 4.79 Å². The van der Waals surface area contributed by atoms with Crippen molar-refractivity contribution in [1.29, 1.82) is 0 Å². The Morgan fingerprint density at radius 3 is 2.00 bits per heavy atom. The number of esters is 2. The third-order valence-corrected chi connectivity index (χ3v) is 14.8. The number of thioether (sulfide) groups is 2. The van der Waals surface area contributed by atoms with Crippen molar-refractivity contribution in [1.82, 2.24) is 20.4 Å². The van der Waals surface area contributed by atoms with E-state index < -0.39 is 52.8 Å². The van der Waals surface area contributed by atoms with Gasteiger partial charge in [-0.05, 0) is 58.2 Å². The summed E-state index contributed by atoms with van der Waals surface area (Å²) in [4.78, 5) is 71.6. The van der Waals surface area contributed by atoms with Gasteiger partial charge in [0.15, 0.2) is 16.4 Å². The minimum Gasteiger partial charge on any atom is -0.497 e. The quantitative estimate of drug-likeness (QED) is 0.0238. The van der Waals surface area contributed by atoms with Crippen LogP contribution in [0.2, 0.25) is 0 Å². The zero-order chi connectivity index (χ0) is 49.2. The number of hydrogen-bond donors (Lipinski definition) is 2. The van der Waals surface area contributed by atoms with Crippen LogP contribution >= 0.6 is 34.9 Å². The molecule has 0 saturated carbocycles. The summed E-state index contributed by atoms with van der Waals surface area (Å²) in [7, 11) is 4.36. The summed E-state index contributed by atoms with van der Waals surface area (Å²) in [5.41, 5.74) is 1.35. The van der Waals surface area contributed by atoms with Gasteiger partial charge >= 0.3 is 17.9 Å². The first-order valence-electron chi connectivity index (χ1n) is 21.7. The summed E-state index contributed by atoms with van der Waals surface area (Å²) in [6, 6.07) is 39.0. The predicted octanol–water partition coefficient (Wildman–Crippen LogP) is 7.34. The van der Waals surface area contributed by atoms with Gasteiger partial charge in [-0.2, -0.15) is 0 Å². The van der Waals surface area contributed by atoms with Crippen molar-refractivity contribution in [3.05, 3.63) is 178 Å². The summed E-state index contributed by atoms with van der Waals surface area (Å²) in [6.07, 6.45) is -1.17. The summed E-state index contributed by atoms with van der Waals surface area (Å²) >= 11 is 3.57. The van der Waals surface area contributed by atoms with Gasteiger partial charge < -0.3 is 38.8 Å². The van der Waals surface area contributed by atoms with Crippen LogP contribution in [-0.4, -0.2) is 93.9 Å². The number of aromatic nitrogens is 2. The first-order valence-corrected chi connectivity index (χ1v) is 24.5. The molecule has 1 fully saturated rings. The number of carboxylic acid groups (broad SMARTS) is 1. The minimum atomic E-state index is -2.07. The number of fused-ring (bicyclic) bond motifs is 1. The number of methoxy groups -OCH3 is 3. The average Bonchev–Trinajstić information content (AvgIpc) is 3.84. The van der Waals surface area contributed by atoms with Crippen molar-refractivity contribution in [2.45, 2.75) is 47.1 Å². The molecule has 1 unspecified atom stereocenters. The topological polar surface area (TPSA) is 202 Å². The Balaban J connectivity index is 1.10. The lowest BCUT2D eigenvalue weighted by atomic mass is 9.93. The number of hydrogen-bond acceptors (Lipinski definition) is 16. The molecule has 0 spiro atoms. The Bertz CT molecular complexity index is 2830. The average molecular weight is 1000 g/mol. The largest absolute Gasteiger partial charge is 0.497 e. The van der Waals surface area contributed by atoms with Crippen LogP contribution in [0, 0.1) is 0 Å². The normalized spacial score (nSPS) is 16.7. The second-order valence-electron chi connectivity index (χ2n) is 15.7. The molecule has 6 aromatic rings. The van der Waals surface area contributed by atoms with Gasteiger partial charge in [-0.15, -0.1) is 22.0 Å². The van der Waals surface area contributed by atoms with Gasteiger partial charge in [-0.1, -0.05) is 126 Å². The molecular weight excluding hydrogens is 957 g/mol. The van der Waals surface area contributed by atoms with Gasteiger partial charge in [0, 0.05) is 24.2 Å². The number of nitrogens with one attached hydrogen (secondary N) is 1. The second kappa shape index (κ2) is 22.5. The van der Waals surface area contributed by atoms with E-state index in [1.165, 1.54) is 42.6 Å². The summed E-state index contributed by atoms with van der Waals surface area (Å²) in [5.74, 6) is -4.38. The first kappa shape index (κ1) is 49.2. The number of aliphatic carboxylic acids is 1. The van der Waals surface area contributed by atoms with E-state index in [1.807, 2.05) is 72.8 Å². The molecule has 2 aliphatic rings. The van der Waals surface area contributed by atoms with E-state index in [0.29, 0.717) is 43.1 Å². The first-order chi connectivity index (χ1) is 34.0. The van der Waals surface area contributed by atoms with E-state index in [0.717, 1.165) is 16.9 Å². The Morgan fingerprint density at radius 1 is 0.800 bits per heavy atom. The van der Waals surface area contributed by atoms with Crippen molar-refractivity contribution in [2.24, 2.45) is 0 Å². The number of rotatable bonds is 21. The molecule has 1 saturated heterocycles. The number of carboxylic acids is 1. The van der Waals surface area contributed by atoms with Crippen LogP contribution in [0.15, 0.2) is 149 Å². The van der Waals surface area contributed by atoms with Crippen molar-refractivity contribution in [2.75, 3.05) is 32.8 Å². The molecule has 0 radical (unpaired) electrons. The van der Waals surface area contributed by atoms with Crippen LogP contribution in [0.1, 0.15) is 44.8 Å². The summed E-state index contributed by atoms with van der Waals surface area (Å²) in [5, 5.41) is 19.5. The maximum atomic E-state index is 14.9. The fourth-order valence-corrected chi connectivity index (χ4v) is 11.2. The highest BCUT2D eigenvalue weighted by molar-refractivity contribution is 8.01. The summed E-state index contributed by atoms with van der Waals surface area (Å²) < 4.78 is 35.4. The van der Waals surface area contributed by atoms with Gasteiger partial charge in [0.2, 0.25) is 5.91 Å². The lowest BCUT2D eigenvalue weighted by Gasteiger charge is -2.56. The fourth-order valence-electron chi connectivity index (χ4n) is 7.76. The Morgan fingerprint density at radius 2 is 1.40 bits per heavy atom. The van der Waals surface area contributed by atoms with Crippen LogP contribution in [0.4, 0.5) is 0 Å². The Kier molecular flexibility index (Phi) is 15.8. The van der Waals surface area contributed by atoms with Crippen molar-refractivity contribution < 1.29 is 57.5 Å². The van der Waals surface area contributed by atoms with E-state index in [1.54, 1.807) is 67.8 Å². The highest BCUT2D eigenvalue weighted by Gasteiger charge is 2.67. The molecule has 16 nitrogen and oxygen atoms in total. The number of nitrogens with zero attached hydrogens (tertiary/aromatic N) is 3. The third-order valence-electron chi connectivity index (χ3n) is 11.3. The SMILES string of the molecule is COc1ccc(COC(=O)C(C(=O)N[C@]2(OC)C(=O)N3C(C(=O)OC(c4ccccc4)c4ccccc4)=C(CSc4nnc(CC(=O)O)s4)CS[C@@H]32)c2ccccc2OCc2ccc(OC)cc2)cc1. The zero-order valence-electron chi connectivity index (χ0n) is 38.0. The molecule has 360 valence electrons. The van der Waals surface area contributed by atoms with Gasteiger partial charge in [0.25, 0.3) is 11.6 Å². The van der Waals surface area contributed by atoms with E-state index in [2.05, 4.69) is 15.5 Å². The second-order valence-corrected chi connectivity index (χ2v) is 19.1. The molecule has 70 heavy (non-hydrogen) atoms. The van der Waals surface area contributed by atoms with Gasteiger partial charge in [0.1, 0.15) is 46.5 Å². The van der Waals surface area contributed by atoms with Gasteiger partial charge in [-0.3, -0.25) is 24.1 Å². The van der Waals surface area contributed by atoms with Crippen LogP contribution in [-0.2, 0) is 57.8 Å². The van der Waals surface area contributed by atoms with Crippen LogP contribution in [0.25, 0.3) is 0 Å². The van der Waals surface area contributed by atoms with Crippen LogP contribution in [0.5, 0.6) is 17.2 Å². The molecule has 2 amide bonds. The molecular formula is C51H46N4O12S3. The lowest BCUT2D eigenvalue weighted by Crippen LogP contribution is -2.81. The lowest BCUT2D eigenvalue weighted by molar-refractivity contribution is -0.193. The molecule has 0 aliphatic carbocycles.